The fourth-order valence-electron chi connectivity index (χ4n) is 2.26. The molecule has 2 rings (SSSR count). The lowest BCUT2D eigenvalue weighted by Gasteiger charge is -2.21. The van der Waals surface area contributed by atoms with E-state index in [1.54, 1.807) is 11.3 Å². The summed E-state index contributed by atoms with van der Waals surface area (Å²) in [6.07, 6.45) is 2.16. The van der Waals surface area contributed by atoms with E-state index in [1.807, 2.05) is 12.1 Å². The lowest BCUT2D eigenvalue weighted by molar-refractivity contribution is 0.528. The molecule has 1 atom stereocenters. The van der Waals surface area contributed by atoms with Crippen LogP contribution in [0.15, 0.2) is 35.0 Å². The fraction of sp³-hybridized carbons (Fsp3) is 0.375. The molecule has 0 aliphatic heterocycles. The number of hydrogen-bond donors (Lipinski definition) is 1. The second-order valence-electron chi connectivity index (χ2n) is 4.80. The maximum Gasteiger partial charge on any atom is 0.0438 e. The van der Waals surface area contributed by atoms with Gasteiger partial charge in [0.05, 0.1) is 0 Å². The molecule has 1 heterocycles. The third kappa shape index (κ3) is 3.82. The van der Waals surface area contributed by atoms with Crippen molar-refractivity contribution in [2.24, 2.45) is 0 Å². The van der Waals surface area contributed by atoms with Crippen LogP contribution in [0.3, 0.4) is 0 Å². The Morgan fingerprint density at radius 3 is 2.84 bits per heavy atom. The molecule has 0 saturated heterocycles. The maximum absolute atomic E-state index is 6.25. The molecule has 0 saturated carbocycles. The molecule has 19 heavy (non-hydrogen) atoms. The summed E-state index contributed by atoms with van der Waals surface area (Å²) in [5, 5.41) is 8.85. The molecule has 0 bridgehead atoms. The predicted octanol–water partition coefficient (Wildman–Crippen LogP) is 4.99. The van der Waals surface area contributed by atoms with Gasteiger partial charge in [0.2, 0.25) is 0 Å². The molecule has 1 aromatic heterocycles. The first-order chi connectivity index (χ1) is 9.22. The number of benzene rings is 1. The van der Waals surface area contributed by atoms with Crippen LogP contribution in [0.5, 0.6) is 0 Å². The van der Waals surface area contributed by atoms with Gasteiger partial charge in [0.1, 0.15) is 0 Å². The lowest BCUT2D eigenvalue weighted by atomic mass is 9.96. The van der Waals surface area contributed by atoms with E-state index in [1.165, 1.54) is 16.7 Å². The van der Waals surface area contributed by atoms with Gasteiger partial charge in [0.25, 0.3) is 0 Å². The molecule has 0 aliphatic rings. The standard InChI is InChI=1S/C16H20ClNS/c1-3-8-18-16(10-13-7-9-19-11-13)14-5-4-6-15(17)12(14)2/h4-7,9,11,16,18H,3,8,10H2,1-2H3. The van der Waals surface area contributed by atoms with Gasteiger partial charge in [-0.1, -0.05) is 30.7 Å². The van der Waals surface area contributed by atoms with Gasteiger partial charge in [-0.05, 0) is 65.9 Å². The first-order valence-corrected chi connectivity index (χ1v) is 8.04. The van der Waals surface area contributed by atoms with Crippen molar-refractivity contribution in [1.29, 1.82) is 0 Å². The minimum atomic E-state index is 0.341. The Kier molecular flexibility index (Phi) is 5.44. The van der Waals surface area contributed by atoms with Crippen LogP contribution in [0.25, 0.3) is 0 Å². The summed E-state index contributed by atoms with van der Waals surface area (Å²) in [7, 11) is 0. The second-order valence-corrected chi connectivity index (χ2v) is 5.98. The predicted molar refractivity (Wildman–Crippen MR) is 85.2 cm³/mol. The van der Waals surface area contributed by atoms with Crippen molar-refractivity contribution < 1.29 is 0 Å². The smallest absolute Gasteiger partial charge is 0.0438 e. The molecule has 0 amide bonds. The van der Waals surface area contributed by atoms with Crippen LogP contribution < -0.4 is 5.32 Å². The summed E-state index contributed by atoms with van der Waals surface area (Å²) in [5.41, 5.74) is 3.89. The van der Waals surface area contributed by atoms with E-state index >= 15 is 0 Å². The van der Waals surface area contributed by atoms with Crippen molar-refractivity contribution >= 4 is 22.9 Å². The summed E-state index contributed by atoms with van der Waals surface area (Å²) in [4.78, 5) is 0. The zero-order chi connectivity index (χ0) is 13.7. The molecule has 0 spiro atoms. The highest BCUT2D eigenvalue weighted by atomic mass is 35.5. The summed E-state index contributed by atoms with van der Waals surface area (Å²) >= 11 is 8.00. The van der Waals surface area contributed by atoms with Crippen LogP contribution in [0.1, 0.15) is 36.1 Å². The Labute approximate surface area is 124 Å². The van der Waals surface area contributed by atoms with E-state index in [2.05, 4.69) is 42.1 Å². The van der Waals surface area contributed by atoms with E-state index in [-0.39, 0.29) is 0 Å². The van der Waals surface area contributed by atoms with Crippen molar-refractivity contribution in [1.82, 2.24) is 5.32 Å². The van der Waals surface area contributed by atoms with Crippen LogP contribution in [-0.4, -0.2) is 6.54 Å². The molecule has 0 radical (unpaired) electrons. The number of thiophene rings is 1. The Balaban J connectivity index is 2.23. The third-order valence-corrected chi connectivity index (χ3v) is 4.49. The largest absolute Gasteiger partial charge is 0.310 e. The van der Waals surface area contributed by atoms with Crippen molar-refractivity contribution in [3.05, 3.63) is 56.7 Å². The summed E-state index contributed by atoms with van der Waals surface area (Å²) in [6.45, 7) is 5.33. The zero-order valence-corrected chi connectivity index (χ0v) is 13.0. The molecule has 3 heteroatoms. The second kappa shape index (κ2) is 7.09. The topological polar surface area (TPSA) is 12.0 Å². The minimum Gasteiger partial charge on any atom is -0.310 e. The first kappa shape index (κ1) is 14.6. The SMILES string of the molecule is CCCNC(Cc1ccsc1)c1cccc(Cl)c1C. The minimum absolute atomic E-state index is 0.341. The van der Waals surface area contributed by atoms with Crippen LogP contribution in [0.2, 0.25) is 5.02 Å². The summed E-state index contributed by atoms with van der Waals surface area (Å²) < 4.78 is 0. The highest BCUT2D eigenvalue weighted by Crippen LogP contribution is 2.27. The number of rotatable bonds is 6. The molecule has 1 unspecified atom stereocenters. The first-order valence-electron chi connectivity index (χ1n) is 6.71. The Morgan fingerprint density at radius 2 is 2.16 bits per heavy atom. The molecular weight excluding hydrogens is 274 g/mol. The molecule has 1 N–H and O–H groups in total. The lowest BCUT2D eigenvalue weighted by Crippen LogP contribution is -2.24. The fourth-order valence-corrected chi connectivity index (χ4v) is 3.12. The van der Waals surface area contributed by atoms with E-state index < -0.39 is 0 Å². The Bertz CT molecular complexity index is 507. The number of hydrogen-bond acceptors (Lipinski definition) is 2. The molecule has 1 aromatic carbocycles. The average Bonchev–Trinajstić information content (AvgIpc) is 2.91. The van der Waals surface area contributed by atoms with Crippen molar-refractivity contribution in [2.75, 3.05) is 6.54 Å². The van der Waals surface area contributed by atoms with Crippen LogP contribution in [-0.2, 0) is 6.42 Å². The monoisotopic (exact) mass is 293 g/mol. The quantitative estimate of drug-likeness (QED) is 0.791. The van der Waals surface area contributed by atoms with E-state index in [4.69, 9.17) is 11.6 Å². The van der Waals surface area contributed by atoms with E-state index in [0.717, 1.165) is 24.4 Å². The molecule has 0 fully saturated rings. The van der Waals surface area contributed by atoms with Gasteiger partial charge in [-0.25, -0.2) is 0 Å². The normalized spacial score (nSPS) is 12.6. The molecular formula is C16H20ClNS. The van der Waals surface area contributed by atoms with Gasteiger partial charge in [0.15, 0.2) is 0 Å². The third-order valence-electron chi connectivity index (χ3n) is 3.35. The van der Waals surface area contributed by atoms with Crippen molar-refractivity contribution in [3.63, 3.8) is 0 Å². The summed E-state index contributed by atoms with van der Waals surface area (Å²) in [6, 6.07) is 8.72. The van der Waals surface area contributed by atoms with E-state index in [9.17, 15) is 0 Å². The van der Waals surface area contributed by atoms with Crippen molar-refractivity contribution in [3.8, 4) is 0 Å². The van der Waals surface area contributed by atoms with Gasteiger partial charge >= 0.3 is 0 Å². The maximum atomic E-state index is 6.25. The average molecular weight is 294 g/mol. The molecule has 102 valence electrons. The zero-order valence-electron chi connectivity index (χ0n) is 11.4. The number of nitrogens with one attached hydrogen (secondary N) is 1. The molecule has 2 aromatic rings. The summed E-state index contributed by atoms with van der Waals surface area (Å²) in [5.74, 6) is 0. The van der Waals surface area contributed by atoms with E-state index in [0.29, 0.717) is 6.04 Å². The molecule has 0 aliphatic carbocycles. The van der Waals surface area contributed by atoms with Crippen molar-refractivity contribution in [2.45, 2.75) is 32.7 Å². The van der Waals surface area contributed by atoms with Crippen LogP contribution in [0, 0.1) is 6.92 Å². The van der Waals surface area contributed by atoms with Gasteiger partial charge in [-0.15, -0.1) is 0 Å². The van der Waals surface area contributed by atoms with Crippen LogP contribution >= 0.6 is 22.9 Å². The Hall–Kier alpha value is -0.830. The van der Waals surface area contributed by atoms with Gasteiger partial charge in [-0.3, -0.25) is 0 Å². The number of halogens is 1. The molecule has 1 nitrogen and oxygen atoms in total. The highest BCUT2D eigenvalue weighted by Gasteiger charge is 2.15. The Morgan fingerprint density at radius 1 is 1.32 bits per heavy atom. The van der Waals surface area contributed by atoms with Gasteiger partial charge < -0.3 is 5.32 Å². The van der Waals surface area contributed by atoms with Crippen LogP contribution in [0.4, 0.5) is 0 Å². The van der Waals surface area contributed by atoms with Gasteiger partial charge in [-0.2, -0.15) is 11.3 Å². The van der Waals surface area contributed by atoms with Gasteiger partial charge in [0, 0.05) is 11.1 Å². The highest BCUT2D eigenvalue weighted by molar-refractivity contribution is 7.07.